The molecule has 2 heterocycles. The number of carbonyl (C=O) groups is 2. The van der Waals surface area contributed by atoms with Crippen LogP contribution in [0.3, 0.4) is 0 Å². The van der Waals surface area contributed by atoms with E-state index in [1.807, 2.05) is 13.0 Å². The summed E-state index contributed by atoms with van der Waals surface area (Å²) in [4.78, 5) is 32.0. The van der Waals surface area contributed by atoms with Crippen molar-refractivity contribution in [3.05, 3.63) is 53.9 Å². The third-order valence-electron chi connectivity index (χ3n) is 4.48. The van der Waals surface area contributed by atoms with Crippen molar-refractivity contribution < 1.29 is 19.5 Å². The van der Waals surface area contributed by atoms with Crippen molar-refractivity contribution in [2.75, 3.05) is 5.32 Å². The van der Waals surface area contributed by atoms with Crippen molar-refractivity contribution in [1.29, 1.82) is 0 Å². The maximum absolute atomic E-state index is 11.9. The number of rotatable bonds is 5. The molecular weight excluding hydrogens is 360 g/mol. The summed E-state index contributed by atoms with van der Waals surface area (Å²) in [6.45, 7) is 1.89. The number of anilines is 1. The SMILES string of the molecule is Cc1cc(Oc2ccnc(NC(=O)C3CC3)c2)cc2cc(C(=O)NO)cnc12. The zero-order chi connectivity index (χ0) is 19.7. The highest BCUT2D eigenvalue weighted by molar-refractivity contribution is 5.97. The second-order valence-corrected chi connectivity index (χ2v) is 6.72. The van der Waals surface area contributed by atoms with Gasteiger partial charge >= 0.3 is 0 Å². The highest BCUT2D eigenvalue weighted by Crippen LogP contribution is 2.31. The molecular formula is C20H18N4O4. The first kappa shape index (κ1) is 17.9. The van der Waals surface area contributed by atoms with E-state index < -0.39 is 5.91 Å². The average Bonchev–Trinajstić information content (AvgIpc) is 3.52. The van der Waals surface area contributed by atoms with Gasteiger partial charge in [-0.3, -0.25) is 19.8 Å². The minimum absolute atomic E-state index is 0.0213. The van der Waals surface area contributed by atoms with Gasteiger partial charge in [0.1, 0.15) is 17.3 Å². The van der Waals surface area contributed by atoms with Gasteiger partial charge in [-0.2, -0.15) is 0 Å². The Hall–Kier alpha value is -3.52. The van der Waals surface area contributed by atoms with Gasteiger partial charge in [-0.15, -0.1) is 0 Å². The molecule has 28 heavy (non-hydrogen) atoms. The van der Waals surface area contributed by atoms with Crippen molar-refractivity contribution in [2.24, 2.45) is 5.92 Å². The zero-order valence-electron chi connectivity index (χ0n) is 15.1. The van der Waals surface area contributed by atoms with Crippen LogP contribution < -0.4 is 15.5 Å². The Morgan fingerprint density at radius 2 is 1.96 bits per heavy atom. The minimum Gasteiger partial charge on any atom is -0.457 e. The summed E-state index contributed by atoms with van der Waals surface area (Å²) in [6.07, 6.45) is 4.81. The molecule has 2 amide bonds. The zero-order valence-corrected chi connectivity index (χ0v) is 15.1. The quantitative estimate of drug-likeness (QED) is 0.464. The van der Waals surface area contributed by atoms with Crippen LogP contribution in [0, 0.1) is 12.8 Å². The van der Waals surface area contributed by atoms with Crippen molar-refractivity contribution >= 4 is 28.5 Å². The number of amides is 2. The monoisotopic (exact) mass is 378 g/mol. The molecule has 1 fully saturated rings. The largest absolute Gasteiger partial charge is 0.457 e. The molecule has 142 valence electrons. The lowest BCUT2D eigenvalue weighted by Crippen LogP contribution is -2.18. The molecule has 1 aliphatic rings. The van der Waals surface area contributed by atoms with E-state index in [1.54, 1.807) is 35.9 Å². The molecule has 0 saturated heterocycles. The molecule has 4 rings (SSSR count). The molecule has 0 bridgehead atoms. The molecule has 0 spiro atoms. The van der Waals surface area contributed by atoms with Crippen molar-refractivity contribution in [1.82, 2.24) is 15.4 Å². The highest BCUT2D eigenvalue weighted by atomic mass is 16.5. The smallest absolute Gasteiger partial charge is 0.276 e. The molecule has 8 nitrogen and oxygen atoms in total. The summed E-state index contributed by atoms with van der Waals surface area (Å²) in [6, 6.07) is 8.58. The van der Waals surface area contributed by atoms with E-state index in [0.717, 1.165) is 23.9 Å². The number of ether oxygens (including phenoxy) is 1. The number of benzene rings is 1. The lowest BCUT2D eigenvalue weighted by atomic mass is 10.1. The minimum atomic E-state index is -0.636. The van der Waals surface area contributed by atoms with Crippen molar-refractivity contribution in [3.63, 3.8) is 0 Å². The van der Waals surface area contributed by atoms with Gasteiger partial charge in [0.25, 0.3) is 5.91 Å². The molecule has 0 aliphatic heterocycles. The number of hydrogen-bond donors (Lipinski definition) is 3. The van der Waals surface area contributed by atoms with Crippen molar-refractivity contribution in [3.8, 4) is 11.5 Å². The molecule has 3 aromatic rings. The summed E-state index contributed by atoms with van der Waals surface area (Å²) < 4.78 is 5.92. The first-order valence-electron chi connectivity index (χ1n) is 8.83. The molecule has 8 heteroatoms. The number of hydroxylamine groups is 1. The van der Waals surface area contributed by atoms with Gasteiger partial charge in [0.2, 0.25) is 5.91 Å². The number of hydrogen-bond acceptors (Lipinski definition) is 6. The van der Waals surface area contributed by atoms with Gasteiger partial charge in [-0.1, -0.05) is 0 Å². The lowest BCUT2D eigenvalue weighted by molar-refractivity contribution is -0.117. The summed E-state index contributed by atoms with van der Waals surface area (Å²) in [7, 11) is 0. The number of aromatic nitrogens is 2. The maximum atomic E-state index is 11.9. The summed E-state index contributed by atoms with van der Waals surface area (Å²) in [5, 5.41) is 12.3. The second kappa shape index (κ2) is 7.24. The van der Waals surface area contributed by atoms with Crippen LogP contribution in [0.15, 0.2) is 42.7 Å². The van der Waals surface area contributed by atoms with Gasteiger partial charge in [-0.25, -0.2) is 10.5 Å². The predicted molar refractivity (Wildman–Crippen MR) is 101 cm³/mol. The van der Waals surface area contributed by atoms with E-state index in [0.29, 0.717) is 22.7 Å². The Balaban J connectivity index is 1.60. The van der Waals surface area contributed by atoms with Gasteiger partial charge in [0, 0.05) is 29.8 Å². The fourth-order valence-electron chi connectivity index (χ4n) is 2.90. The lowest BCUT2D eigenvalue weighted by Gasteiger charge is -2.11. The van der Waals surface area contributed by atoms with Crippen LogP contribution in [0.1, 0.15) is 28.8 Å². The summed E-state index contributed by atoms with van der Waals surface area (Å²) in [5.41, 5.74) is 3.44. The van der Waals surface area contributed by atoms with Gasteiger partial charge < -0.3 is 10.1 Å². The molecule has 1 saturated carbocycles. The van der Waals surface area contributed by atoms with Crippen LogP contribution in [-0.2, 0) is 4.79 Å². The van der Waals surface area contributed by atoms with Crippen LogP contribution >= 0.6 is 0 Å². The number of aryl methyl sites for hydroxylation is 1. The molecule has 0 radical (unpaired) electrons. The summed E-state index contributed by atoms with van der Waals surface area (Å²) in [5.74, 6) is 0.953. The topological polar surface area (TPSA) is 113 Å². The van der Waals surface area contributed by atoms with Crippen LogP contribution in [-0.4, -0.2) is 27.0 Å². The third kappa shape index (κ3) is 3.77. The second-order valence-electron chi connectivity index (χ2n) is 6.72. The number of carbonyl (C=O) groups excluding carboxylic acids is 2. The predicted octanol–water partition coefficient (Wildman–Crippen LogP) is 3.20. The van der Waals surface area contributed by atoms with E-state index in [1.165, 1.54) is 6.20 Å². The Morgan fingerprint density at radius 1 is 1.14 bits per heavy atom. The maximum Gasteiger partial charge on any atom is 0.276 e. The van der Waals surface area contributed by atoms with Crippen molar-refractivity contribution in [2.45, 2.75) is 19.8 Å². The molecule has 0 atom stereocenters. The fourth-order valence-corrected chi connectivity index (χ4v) is 2.90. The molecule has 1 aromatic carbocycles. The molecule has 3 N–H and O–H groups in total. The Morgan fingerprint density at radius 3 is 2.71 bits per heavy atom. The van der Waals surface area contributed by atoms with Gasteiger partial charge in [0.15, 0.2) is 0 Å². The van der Waals surface area contributed by atoms with Crippen LogP contribution in [0.4, 0.5) is 5.82 Å². The average molecular weight is 378 g/mol. The van der Waals surface area contributed by atoms with E-state index in [9.17, 15) is 9.59 Å². The highest BCUT2D eigenvalue weighted by Gasteiger charge is 2.29. The van der Waals surface area contributed by atoms with Crippen LogP contribution in [0.25, 0.3) is 10.9 Å². The third-order valence-corrected chi connectivity index (χ3v) is 4.48. The molecule has 0 unspecified atom stereocenters. The van der Waals surface area contributed by atoms with E-state index >= 15 is 0 Å². The molecule has 1 aliphatic carbocycles. The fraction of sp³-hybridized carbons (Fsp3) is 0.200. The van der Waals surface area contributed by atoms with E-state index in [2.05, 4.69) is 15.3 Å². The van der Waals surface area contributed by atoms with E-state index in [-0.39, 0.29) is 17.4 Å². The number of nitrogens with zero attached hydrogens (tertiary/aromatic N) is 2. The van der Waals surface area contributed by atoms with E-state index in [4.69, 9.17) is 9.94 Å². The Kier molecular flexibility index (Phi) is 4.62. The standard InChI is InChI=1S/C20H18N4O4/c1-11-6-16(8-13-7-14(20(26)24-27)10-22-18(11)13)28-15-4-5-21-17(9-15)23-19(25)12-2-3-12/h4-10,12,27H,2-3H2,1H3,(H,24,26)(H,21,23,25). The Bertz CT molecular complexity index is 1080. The van der Waals surface area contributed by atoms with Gasteiger partial charge in [0.05, 0.1) is 11.1 Å². The van der Waals surface area contributed by atoms with Crippen LogP contribution in [0.5, 0.6) is 11.5 Å². The van der Waals surface area contributed by atoms with Crippen LogP contribution in [0.2, 0.25) is 0 Å². The molecule has 2 aromatic heterocycles. The number of nitrogens with one attached hydrogen (secondary N) is 2. The number of pyridine rings is 2. The van der Waals surface area contributed by atoms with Gasteiger partial charge in [-0.05, 0) is 49.6 Å². The summed E-state index contributed by atoms with van der Waals surface area (Å²) >= 11 is 0. The first-order valence-corrected chi connectivity index (χ1v) is 8.83. The first-order chi connectivity index (χ1) is 13.5. The number of fused-ring (bicyclic) bond motifs is 1. The Labute approximate surface area is 160 Å². The normalized spacial score (nSPS) is 13.2.